The fourth-order valence-electron chi connectivity index (χ4n) is 2.02. The zero-order valence-corrected chi connectivity index (χ0v) is 12.2. The molecule has 0 spiro atoms. The van der Waals surface area contributed by atoms with Gasteiger partial charge in [0.25, 0.3) is 0 Å². The number of thiophene rings is 1. The van der Waals surface area contributed by atoms with Crippen LogP contribution in [0.2, 0.25) is 0 Å². The molecule has 3 heteroatoms. The average Bonchev–Trinajstić information content (AvgIpc) is 3.00. The van der Waals surface area contributed by atoms with E-state index in [1.54, 1.807) is 6.26 Å². The minimum absolute atomic E-state index is 0.316. The van der Waals surface area contributed by atoms with Gasteiger partial charge in [0.1, 0.15) is 5.76 Å². The molecule has 0 aromatic carbocycles. The minimum atomic E-state index is 0.316. The Morgan fingerprint density at radius 3 is 2.72 bits per heavy atom. The number of nitrogens with zero attached hydrogens (tertiary/aromatic N) is 1. The highest BCUT2D eigenvalue weighted by molar-refractivity contribution is 7.11. The normalized spacial score (nSPS) is 13.1. The van der Waals surface area contributed by atoms with Gasteiger partial charge in [0, 0.05) is 16.3 Å². The molecule has 0 radical (unpaired) electrons. The standard InChI is InChI=1S/C15H21NOS/c1-4-6-13-8-9-14(18-13)11-16(3)12(2)15-7-5-10-17-15/h5,7-10,12H,4,6,11H2,1-3H3. The lowest BCUT2D eigenvalue weighted by Crippen LogP contribution is -2.20. The highest BCUT2D eigenvalue weighted by Gasteiger charge is 2.14. The average molecular weight is 263 g/mol. The fraction of sp³-hybridized carbons (Fsp3) is 0.467. The van der Waals surface area contributed by atoms with Crippen LogP contribution >= 0.6 is 11.3 Å². The van der Waals surface area contributed by atoms with E-state index in [0.29, 0.717) is 6.04 Å². The van der Waals surface area contributed by atoms with Gasteiger partial charge in [-0.25, -0.2) is 0 Å². The molecule has 0 saturated carbocycles. The quantitative estimate of drug-likeness (QED) is 0.763. The molecule has 0 aliphatic carbocycles. The van der Waals surface area contributed by atoms with E-state index in [1.165, 1.54) is 22.6 Å². The summed E-state index contributed by atoms with van der Waals surface area (Å²) in [5.41, 5.74) is 0. The maximum absolute atomic E-state index is 5.46. The topological polar surface area (TPSA) is 16.4 Å². The Morgan fingerprint density at radius 1 is 1.28 bits per heavy atom. The molecule has 1 atom stereocenters. The van der Waals surface area contributed by atoms with E-state index in [2.05, 4.69) is 37.9 Å². The SMILES string of the molecule is CCCc1ccc(CN(C)C(C)c2ccco2)s1. The zero-order chi connectivity index (χ0) is 13.0. The molecule has 18 heavy (non-hydrogen) atoms. The van der Waals surface area contributed by atoms with Crippen LogP contribution in [0.3, 0.4) is 0 Å². The number of hydrogen-bond acceptors (Lipinski definition) is 3. The second-order valence-electron chi connectivity index (χ2n) is 4.72. The third-order valence-corrected chi connectivity index (χ3v) is 4.36. The van der Waals surface area contributed by atoms with Gasteiger partial charge in [0.15, 0.2) is 0 Å². The molecule has 0 bridgehead atoms. The molecule has 1 unspecified atom stereocenters. The molecule has 2 rings (SSSR count). The van der Waals surface area contributed by atoms with Gasteiger partial charge in [0.2, 0.25) is 0 Å². The molecule has 0 fully saturated rings. The Hall–Kier alpha value is -1.06. The van der Waals surface area contributed by atoms with Crippen molar-refractivity contribution in [3.63, 3.8) is 0 Å². The number of aryl methyl sites for hydroxylation is 1. The fourth-order valence-corrected chi connectivity index (χ4v) is 3.20. The third kappa shape index (κ3) is 3.24. The van der Waals surface area contributed by atoms with Crippen LogP contribution in [0.1, 0.15) is 41.8 Å². The maximum atomic E-state index is 5.46. The first-order chi connectivity index (χ1) is 8.70. The van der Waals surface area contributed by atoms with Gasteiger partial charge in [-0.1, -0.05) is 13.3 Å². The molecule has 2 heterocycles. The Balaban J connectivity index is 1.95. The number of furan rings is 1. The molecule has 2 aromatic rings. The second kappa shape index (κ2) is 6.21. The Morgan fingerprint density at radius 2 is 2.06 bits per heavy atom. The van der Waals surface area contributed by atoms with Crippen LogP contribution in [-0.4, -0.2) is 11.9 Å². The van der Waals surface area contributed by atoms with Gasteiger partial charge < -0.3 is 4.42 Å². The first-order valence-corrected chi connectivity index (χ1v) is 7.33. The van der Waals surface area contributed by atoms with Gasteiger partial charge in [-0.2, -0.15) is 0 Å². The summed E-state index contributed by atoms with van der Waals surface area (Å²) in [5, 5.41) is 0. The number of hydrogen-bond donors (Lipinski definition) is 0. The van der Waals surface area contributed by atoms with E-state index >= 15 is 0 Å². The van der Waals surface area contributed by atoms with E-state index in [-0.39, 0.29) is 0 Å². The van der Waals surface area contributed by atoms with Crippen molar-refractivity contribution in [1.29, 1.82) is 0 Å². The van der Waals surface area contributed by atoms with Crippen molar-refractivity contribution < 1.29 is 4.42 Å². The first-order valence-electron chi connectivity index (χ1n) is 6.52. The predicted octanol–water partition coefficient (Wildman–Crippen LogP) is 4.49. The van der Waals surface area contributed by atoms with Crippen LogP contribution in [0.15, 0.2) is 34.9 Å². The maximum Gasteiger partial charge on any atom is 0.120 e. The lowest BCUT2D eigenvalue weighted by molar-refractivity contribution is 0.225. The van der Waals surface area contributed by atoms with E-state index in [9.17, 15) is 0 Å². The summed E-state index contributed by atoms with van der Waals surface area (Å²) in [4.78, 5) is 5.24. The van der Waals surface area contributed by atoms with Crippen LogP contribution < -0.4 is 0 Å². The minimum Gasteiger partial charge on any atom is -0.468 e. The first kappa shape index (κ1) is 13.4. The summed E-state index contributed by atoms with van der Waals surface area (Å²) in [6.45, 7) is 5.39. The highest BCUT2D eigenvalue weighted by Crippen LogP contribution is 2.24. The molecule has 0 aliphatic heterocycles. The monoisotopic (exact) mass is 263 g/mol. The van der Waals surface area contributed by atoms with Gasteiger partial charge >= 0.3 is 0 Å². The molecule has 2 aromatic heterocycles. The summed E-state index contributed by atoms with van der Waals surface area (Å²) in [5.74, 6) is 1.03. The Kier molecular flexibility index (Phi) is 4.61. The smallest absolute Gasteiger partial charge is 0.120 e. The van der Waals surface area contributed by atoms with Crippen molar-refractivity contribution in [1.82, 2.24) is 4.90 Å². The van der Waals surface area contributed by atoms with Gasteiger partial charge in [-0.3, -0.25) is 4.90 Å². The second-order valence-corrected chi connectivity index (χ2v) is 5.98. The lowest BCUT2D eigenvalue weighted by Gasteiger charge is -2.22. The predicted molar refractivity (Wildman–Crippen MR) is 76.9 cm³/mol. The van der Waals surface area contributed by atoms with E-state index in [1.807, 2.05) is 23.5 Å². The van der Waals surface area contributed by atoms with Gasteiger partial charge in [0.05, 0.1) is 12.3 Å². The lowest BCUT2D eigenvalue weighted by atomic mass is 10.2. The van der Waals surface area contributed by atoms with Gasteiger partial charge in [-0.05, 0) is 44.7 Å². The highest BCUT2D eigenvalue weighted by atomic mass is 32.1. The van der Waals surface area contributed by atoms with Crippen LogP contribution in [0.25, 0.3) is 0 Å². The molecule has 0 aliphatic rings. The van der Waals surface area contributed by atoms with Crippen molar-refractivity contribution in [3.05, 3.63) is 46.0 Å². The largest absolute Gasteiger partial charge is 0.468 e. The van der Waals surface area contributed by atoms with E-state index in [0.717, 1.165) is 12.3 Å². The Bertz CT molecular complexity index is 461. The van der Waals surface area contributed by atoms with Gasteiger partial charge in [-0.15, -0.1) is 11.3 Å². The summed E-state index contributed by atoms with van der Waals surface area (Å²) in [6.07, 6.45) is 4.16. The van der Waals surface area contributed by atoms with Crippen molar-refractivity contribution in [2.75, 3.05) is 7.05 Å². The molecule has 2 nitrogen and oxygen atoms in total. The van der Waals surface area contributed by atoms with Crippen LogP contribution in [-0.2, 0) is 13.0 Å². The molecule has 0 amide bonds. The van der Waals surface area contributed by atoms with Crippen molar-refractivity contribution >= 4 is 11.3 Å². The van der Waals surface area contributed by atoms with Crippen LogP contribution in [0, 0.1) is 0 Å². The van der Waals surface area contributed by atoms with E-state index in [4.69, 9.17) is 4.42 Å². The molecular weight excluding hydrogens is 242 g/mol. The number of rotatable bonds is 6. The summed E-state index contributed by atoms with van der Waals surface area (Å²) in [7, 11) is 2.15. The van der Waals surface area contributed by atoms with Crippen molar-refractivity contribution in [2.24, 2.45) is 0 Å². The molecule has 0 saturated heterocycles. The van der Waals surface area contributed by atoms with E-state index < -0.39 is 0 Å². The molecular formula is C15H21NOS. The van der Waals surface area contributed by atoms with Crippen molar-refractivity contribution in [3.8, 4) is 0 Å². The van der Waals surface area contributed by atoms with Crippen molar-refractivity contribution in [2.45, 2.75) is 39.3 Å². The summed E-state index contributed by atoms with van der Waals surface area (Å²) in [6, 6.07) is 8.81. The third-order valence-electron chi connectivity index (χ3n) is 3.24. The zero-order valence-electron chi connectivity index (χ0n) is 11.3. The molecule has 0 N–H and O–H groups in total. The summed E-state index contributed by atoms with van der Waals surface area (Å²) < 4.78 is 5.46. The molecule has 98 valence electrons. The Labute approximate surface area is 113 Å². The summed E-state index contributed by atoms with van der Waals surface area (Å²) >= 11 is 1.93. The van der Waals surface area contributed by atoms with Crippen LogP contribution in [0.4, 0.5) is 0 Å². The van der Waals surface area contributed by atoms with Crippen LogP contribution in [0.5, 0.6) is 0 Å².